The maximum atomic E-state index is 11.9. The summed E-state index contributed by atoms with van der Waals surface area (Å²) in [7, 11) is 0. The molecule has 0 bridgehead atoms. The number of carboxylic acid groups (broad SMARTS) is 1. The Labute approximate surface area is 146 Å². The second-order valence-electron chi connectivity index (χ2n) is 6.33. The molecule has 0 aliphatic rings. The van der Waals surface area contributed by atoms with Gasteiger partial charge in [-0.1, -0.05) is 13.0 Å². The lowest BCUT2D eigenvalue weighted by Gasteiger charge is -2.16. The third-order valence-corrected chi connectivity index (χ3v) is 4.90. The van der Waals surface area contributed by atoms with Gasteiger partial charge in [0.25, 0.3) is 0 Å². The summed E-state index contributed by atoms with van der Waals surface area (Å²) >= 11 is 1.68. The average molecular weight is 348 g/mol. The molecular weight excluding hydrogens is 324 g/mol. The summed E-state index contributed by atoms with van der Waals surface area (Å²) in [6.07, 6.45) is 2.52. The molecule has 0 aliphatic heterocycles. The van der Waals surface area contributed by atoms with Crippen molar-refractivity contribution < 1.29 is 14.7 Å². The van der Waals surface area contributed by atoms with Gasteiger partial charge in [0.05, 0.1) is 21.1 Å². The summed E-state index contributed by atoms with van der Waals surface area (Å²) in [6.45, 7) is 5.50. The highest BCUT2D eigenvalue weighted by Crippen LogP contribution is 2.23. The number of fused-ring (bicyclic) bond motifs is 1. The number of benzene rings is 1. The summed E-state index contributed by atoms with van der Waals surface area (Å²) in [5.41, 5.74) is 2.24. The minimum absolute atomic E-state index is 0.0187. The van der Waals surface area contributed by atoms with Gasteiger partial charge in [0, 0.05) is 12.5 Å². The van der Waals surface area contributed by atoms with E-state index >= 15 is 0 Å². The van der Waals surface area contributed by atoms with E-state index in [2.05, 4.69) is 22.4 Å². The van der Waals surface area contributed by atoms with Gasteiger partial charge >= 0.3 is 5.97 Å². The van der Waals surface area contributed by atoms with E-state index in [4.69, 9.17) is 5.11 Å². The van der Waals surface area contributed by atoms with Crippen LogP contribution in [-0.4, -0.2) is 28.0 Å². The standard InChI is InChI=1S/C18H24N2O3S/c1-11(18(22)23)9-12(2)19-17(21)6-4-5-14-7-8-15-16(10-14)24-13(3)20-15/h7-8,10-12H,4-6,9H2,1-3H3,(H,19,21)(H,22,23). The molecule has 130 valence electrons. The summed E-state index contributed by atoms with van der Waals surface area (Å²) in [5.74, 6) is -1.30. The Morgan fingerprint density at radius 1 is 1.33 bits per heavy atom. The molecule has 0 radical (unpaired) electrons. The predicted octanol–water partition coefficient (Wildman–Crippen LogP) is 3.54. The van der Waals surface area contributed by atoms with Gasteiger partial charge in [-0.3, -0.25) is 9.59 Å². The van der Waals surface area contributed by atoms with E-state index in [1.54, 1.807) is 18.3 Å². The van der Waals surface area contributed by atoms with Crippen LogP contribution in [0.3, 0.4) is 0 Å². The fourth-order valence-electron chi connectivity index (χ4n) is 2.73. The number of carbonyl (C=O) groups excluding carboxylic acids is 1. The number of carbonyl (C=O) groups is 2. The van der Waals surface area contributed by atoms with Crippen molar-refractivity contribution in [1.82, 2.24) is 10.3 Å². The predicted molar refractivity (Wildman–Crippen MR) is 96.3 cm³/mol. The minimum atomic E-state index is -0.829. The Bertz CT molecular complexity index is 726. The third kappa shape index (κ3) is 5.30. The summed E-state index contributed by atoms with van der Waals surface area (Å²) in [5, 5.41) is 12.8. The number of nitrogens with one attached hydrogen (secondary N) is 1. The molecule has 5 nitrogen and oxygen atoms in total. The van der Waals surface area contributed by atoms with Crippen molar-refractivity contribution in [3.05, 3.63) is 28.8 Å². The van der Waals surface area contributed by atoms with Gasteiger partial charge in [-0.25, -0.2) is 4.98 Å². The highest BCUT2D eigenvalue weighted by Gasteiger charge is 2.16. The number of amides is 1. The third-order valence-electron chi connectivity index (χ3n) is 3.97. The first-order valence-electron chi connectivity index (χ1n) is 8.23. The fraction of sp³-hybridized carbons (Fsp3) is 0.500. The molecule has 1 aromatic carbocycles. The van der Waals surface area contributed by atoms with Crippen molar-refractivity contribution in [3.8, 4) is 0 Å². The lowest BCUT2D eigenvalue weighted by Crippen LogP contribution is -2.34. The first-order valence-corrected chi connectivity index (χ1v) is 9.05. The van der Waals surface area contributed by atoms with Crippen LogP contribution in [0.5, 0.6) is 0 Å². The molecule has 24 heavy (non-hydrogen) atoms. The van der Waals surface area contributed by atoms with Gasteiger partial charge in [-0.05, 0) is 50.8 Å². The Hall–Kier alpha value is -1.95. The summed E-state index contributed by atoms with van der Waals surface area (Å²) in [6, 6.07) is 6.12. The number of thiazole rings is 1. The van der Waals surface area contributed by atoms with E-state index < -0.39 is 11.9 Å². The maximum Gasteiger partial charge on any atom is 0.306 e. The van der Waals surface area contributed by atoms with Crippen LogP contribution < -0.4 is 5.32 Å². The van der Waals surface area contributed by atoms with Crippen LogP contribution in [0.2, 0.25) is 0 Å². The number of rotatable bonds is 8. The Balaban J connectivity index is 1.76. The highest BCUT2D eigenvalue weighted by atomic mass is 32.1. The van der Waals surface area contributed by atoms with Crippen molar-refractivity contribution in [1.29, 1.82) is 0 Å². The molecule has 0 aliphatic carbocycles. The van der Waals surface area contributed by atoms with E-state index in [9.17, 15) is 9.59 Å². The number of nitrogens with zero attached hydrogens (tertiary/aromatic N) is 1. The summed E-state index contributed by atoms with van der Waals surface area (Å²) in [4.78, 5) is 27.2. The van der Waals surface area contributed by atoms with Crippen molar-refractivity contribution >= 4 is 33.4 Å². The number of carboxylic acids is 1. The second kappa shape index (κ2) is 8.24. The molecule has 2 rings (SSSR count). The number of aryl methyl sites for hydroxylation is 2. The van der Waals surface area contributed by atoms with Gasteiger partial charge in [0.1, 0.15) is 0 Å². The lowest BCUT2D eigenvalue weighted by molar-refractivity contribution is -0.141. The van der Waals surface area contributed by atoms with E-state index in [0.717, 1.165) is 23.4 Å². The minimum Gasteiger partial charge on any atom is -0.481 e. The average Bonchev–Trinajstić information content (AvgIpc) is 2.86. The van der Waals surface area contributed by atoms with E-state index in [1.807, 2.05) is 19.9 Å². The van der Waals surface area contributed by atoms with Crippen LogP contribution in [0.15, 0.2) is 18.2 Å². The molecule has 0 spiro atoms. The van der Waals surface area contributed by atoms with Crippen molar-refractivity contribution in [3.63, 3.8) is 0 Å². The van der Waals surface area contributed by atoms with Crippen LogP contribution in [-0.2, 0) is 16.0 Å². The fourth-order valence-corrected chi connectivity index (χ4v) is 3.62. The van der Waals surface area contributed by atoms with Crippen LogP contribution in [0.25, 0.3) is 10.2 Å². The van der Waals surface area contributed by atoms with Gasteiger partial charge in [-0.2, -0.15) is 0 Å². The molecule has 0 fully saturated rings. The Morgan fingerprint density at radius 3 is 2.79 bits per heavy atom. The van der Waals surface area contributed by atoms with Crippen LogP contribution in [0, 0.1) is 12.8 Å². The number of hydrogen-bond acceptors (Lipinski definition) is 4. The molecule has 2 aromatic rings. The molecule has 0 saturated carbocycles. The first kappa shape index (κ1) is 18.4. The van der Waals surface area contributed by atoms with Gasteiger partial charge in [0.2, 0.25) is 5.91 Å². The lowest BCUT2D eigenvalue weighted by atomic mass is 10.0. The first-order chi connectivity index (χ1) is 11.3. The molecule has 1 heterocycles. The molecule has 2 atom stereocenters. The van der Waals surface area contributed by atoms with Gasteiger partial charge in [0.15, 0.2) is 0 Å². The maximum absolute atomic E-state index is 11.9. The van der Waals surface area contributed by atoms with Crippen LogP contribution >= 0.6 is 11.3 Å². The SMILES string of the molecule is Cc1nc2ccc(CCCC(=O)NC(C)CC(C)C(=O)O)cc2s1. The number of hydrogen-bond donors (Lipinski definition) is 2. The van der Waals surface area contributed by atoms with Crippen LogP contribution in [0.1, 0.15) is 43.7 Å². The smallest absolute Gasteiger partial charge is 0.306 e. The molecule has 2 unspecified atom stereocenters. The normalized spacial score (nSPS) is 13.6. The topological polar surface area (TPSA) is 79.3 Å². The molecule has 1 aromatic heterocycles. The van der Waals surface area contributed by atoms with Crippen molar-refractivity contribution in [2.45, 2.75) is 52.5 Å². The number of aliphatic carboxylic acids is 1. The Morgan fingerprint density at radius 2 is 2.08 bits per heavy atom. The highest BCUT2D eigenvalue weighted by molar-refractivity contribution is 7.18. The monoisotopic (exact) mass is 348 g/mol. The van der Waals surface area contributed by atoms with Crippen LogP contribution in [0.4, 0.5) is 0 Å². The van der Waals surface area contributed by atoms with Gasteiger partial charge < -0.3 is 10.4 Å². The van der Waals surface area contributed by atoms with Gasteiger partial charge in [-0.15, -0.1) is 11.3 Å². The number of aromatic nitrogens is 1. The zero-order chi connectivity index (χ0) is 17.7. The molecule has 2 N–H and O–H groups in total. The molecule has 0 saturated heterocycles. The van der Waals surface area contributed by atoms with E-state index in [1.165, 1.54) is 10.3 Å². The molecule has 1 amide bonds. The Kier molecular flexibility index (Phi) is 6.31. The zero-order valence-corrected chi connectivity index (χ0v) is 15.2. The van der Waals surface area contributed by atoms with E-state index in [0.29, 0.717) is 12.8 Å². The van der Waals surface area contributed by atoms with Crippen molar-refractivity contribution in [2.75, 3.05) is 0 Å². The van der Waals surface area contributed by atoms with Crippen molar-refractivity contribution in [2.24, 2.45) is 5.92 Å². The summed E-state index contributed by atoms with van der Waals surface area (Å²) < 4.78 is 1.19. The second-order valence-corrected chi connectivity index (χ2v) is 7.57. The quantitative estimate of drug-likeness (QED) is 0.765. The van der Waals surface area contributed by atoms with E-state index in [-0.39, 0.29) is 11.9 Å². The molecule has 6 heteroatoms. The largest absolute Gasteiger partial charge is 0.481 e. The zero-order valence-electron chi connectivity index (χ0n) is 14.3. The molecular formula is C18H24N2O3S.